The molecule has 0 amide bonds. The number of aromatic hydroxyl groups is 9. The van der Waals surface area contributed by atoms with E-state index < -0.39 is 140 Å². The minimum Gasteiger partial charge on any atom is -0.504 e. The quantitative estimate of drug-likeness (QED) is 0.0946. The van der Waals surface area contributed by atoms with Crippen LogP contribution < -0.4 is 0 Å². The lowest BCUT2D eigenvalue weighted by Gasteiger charge is -2.39. The van der Waals surface area contributed by atoms with Gasteiger partial charge in [0.05, 0.1) is 23.3 Å². The van der Waals surface area contributed by atoms with Gasteiger partial charge in [-0.1, -0.05) is 0 Å². The number of phenolic OH excluding ortho intramolecular Hbond substituents is 9. The molecule has 3 aliphatic heterocycles. The molecule has 3 heterocycles. The van der Waals surface area contributed by atoms with E-state index in [0.29, 0.717) is 18.2 Å². The van der Waals surface area contributed by atoms with Gasteiger partial charge in [0.15, 0.2) is 58.6 Å². The summed E-state index contributed by atoms with van der Waals surface area (Å²) >= 11 is 0. The summed E-state index contributed by atoms with van der Waals surface area (Å²) in [7, 11) is 0. The monoisotopic (exact) mass is 634 g/mol. The molecule has 5 atom stereocenters. The molecule has 0 radical (unpaired) electrons. The Hall–Kier alpha value is -5.85. The van der Waals surface area contributed by atoms with Crippen molar-refractivity contribution in [2.75, 3.05) is 6.61 Å². The SMILES string of the molecule is O=C(O[C@@H](CO)[C@@H](O)[C@@H]1OC(=O)c2cc(O)c(O)c(O)c2-c2c(O)c(O)c(O)c3c2C(=O)O[C@H]1[C@H]3O)c1cc(O)c(O)c(O)c1. The molecular formula is C27H22O18. The Kier molecular flexibility index (Phi) is 7.28. The summed E-state index contributed by atoms with van der Waals surface area (Å²) in [6, 6.07) is 1.81. The summed E-state index contributed by atoms with van der Waals surface area (Å²) in [5.74, 6) is -15.2. The van der Waals surface area contributed by atoms with Gasteiger partial charge in [-0.25, -0.2) is 14.4 Å². The zero-order valence-corrected chi connectivity index (χ0v) is 22.1. The third kappa shape index (κ3) is 4.60. The van der Waals surface area contributed by atoms with Crippen LogP contribution in [0.25, 0.3) is 11.1 Å². The van der Waals surface area contributed by atoms with E-state index in [1.54, 1.807) is 0 Å². The molecule has 3 aromatic carbocycles. The van der Waals surface area contributed by atoms with Gasteiger partial charge in [0, 0.05) is 16.7 Å². The minimum absolute atomic E-state index is 0.510. The van der Waals surface area contributed by atoms with Crippen molar-refractivity contribution in [3.63, 3.8) is 0 Å². The summed E-state index contributed by atoms with van der Waals surface area (Å²) in [5, 5.41) is 124. The molecule has 12 N–H and O–H groups in total. The molecule has 0 unspecified atom stereocenters. The normalized spacial score (nSPS) is 20.0. The van der Waals surface area contributed by atoms with Crippen molar-refractivity contribution in [2.45, 2.75) is 30.5 Å². The highest BCUT2D eigenvalue weighted by Crippen LogP contribution is 2.57. The molecule has 238 valence electrons. The van der Waals surface area contributed by atoms with Crippen LogP contribution in [0, 0.1) is 0 Å². The van der Waals surface area contributed by atoms with Crippen LogP contribution >= 0.6 is 0 Å². The molecule has 0 saturated carbocycles. The summed E-state index contributed by atoms with van der Waals surface area (Å²) in [6.07, 6.45) is -11.4. The first kappa shape index (κ1) is 30.6. The number of aliphatic hydroxyl groups excluding tert-OH is 3. The summed E-state index contributed by atoms with van der Waals surface area (Å²) in [4.78, 5) is 39.5. The molecule has 18 heteroatoms. The number of hydrogen-bond donors (Lipinski definition) is 12. The number of carbonyl (C=O) groups excluding carboxylic acids is 3. The zero-order valence-electron chi connectivity index (χ0n) is 22.1. The van der Waals surface area contributed by atoms with Gasteiger partial charge < -0.3 is 75.5 Å². The number of hydrogen-bond acceptors (Lipinski definition) is 18. The number of ether oxygens (including phenoxy) is 3. The van der Waals surface area contributed by atoms with E-state index in [4.69, 9.17) is 14.2 Å². The second-order valence-electron chi connectivity index (χ2n) is 9.89. The third-order valence-corrected chi connectivity index (χ3v) is 7.27. The summed E-state index contributed by atoms with van der Waals surface area (Å²) in [5.41, 5.74) is -5.22. The van der Waals surface area contributed by atoms with E-state index >= 15 is 0 Å². The highest BCUT2D eigenvalue weighted by molar-refractivity contribution is 6.10. The summed E-state index contributed by atoms with van der Waals surface area (Å²) in [6.45, 7) is -1.25. The van der Waals surface area contributed by atoms with Crippen LogP contribution in [0.2, 0.25) is 0 Å². The largest absolute Gasteiger partial charge is 0.504 e. The lowest BCUT2D eigenvalue weighted by molar-refractivity contribution is -0.152. The predicted octanol–water partition coefficient (Wildman–Crippen LogP) is -0.606. The van der Waals surface area contributed by atoms with Gasteiger partial charge >= 0.3 is 17.9 Å². The Bertz CT molecular complexity index is 1760. The fourth-order valence-electron chi connectivity index (χ4n) is 5.06. The van der Waals surface area contributed by atoms with E-state index in [0.717, 1.165) is 0 Å². The molecule has 4 bridgehead atoms. The number of carbonyl (C=O) groups is 3. The fraction of sp³-hybridized carbons (Fsp3) is 0.222. The highest BCUT2D eigenvalue weighted by Gasteiger charge is 2.52. The number of phenols is 9. The maximum Gasteiger partial charge on any atom is 0.339 e. The van der Waals surface area contributed by atoms with Crippen LogP contribution in [-0.2, 0) is 14.2 Å². The van der Waals surface area contributed by atoms with Crippen molar-refractivity contribution in [2.24, 2.45) is 0 Å². The summed E-state index contributed by atoms with van der Waals surface area (Å²) < 4.78 is 15.5. The Balaban J connectivity index is 1.67. The van der Waals surface area contributed by atoms with Crippen LogP contribution in [-0.4, -0.2) is 110 Å². The number of esters is 3. The van der Waals surface area contributed by atoms with Crippen molar-refractivity contribution in [1.29, 1.82) is 0 Å². The van der Waals surface area contributed by atoms with Crippen molar-refractivity contribution >= 4 is 17.9 Å². The lowest BCUT2D eigenvalue weighted by atomic mass is 9.82. The van der Waals surface area contributed by atoms with Gasteiger partial charge in [0.25, 0.3) is 0 Å². The maximum absolute atomic E-state index is 13.4. The molecule has 3 aliphatic rings. The molecular weight excluding hydrogens is 612 g/mol. The van der Waals surface area contributed by atoms with Crippen molar-refractivity contribution in [3.8, 4) is 62.9 Å². The molecule has 18 nitrogen and oxygen atoms in total. The van der Waals surface area contributed by atoms with Crippen LogP contribution in [0.4, 0.5) is 0 Å². The second kappa shape index (κ2) is 10.7. The van der Waals surface area contributed by atoms with E-state index in [-0.39, 0.29) is 0 Å². The van der Waals surface area contributed by atoms with Gasteiger partial charge in [-0.2, -0.15) is 0 Å². The van der Waals surface area contributed by atoms with E-state index in [2.05, 4.69) is 0 Å². The van der Waals surface area contributed by atoms with E-state index in [1.807, 2.05) is 0 Å². The van der Waals surface area contributed by atoms with Gasteiger partial charge in [0.1, 0.15) is 12.2 Å². The molecule has 6 rings (SSSR count). The first-order valence-corrected chi connectivity index (χ1v) is 12.5. The van der Waals surface area contributed by atoms with Crippen LogP contribution in [0.3, 0.4) is 0 Å². The molecule has 0 aromatic heterocycles. The van der Waals surface area contributed by atoms with Crippen molar-refractivity contribution in [1.82, 2.24) is 0 Å². The lowest BCUT2D eigenvalue weighted by Crippen LogP contribution is -2.54. The number of rotatable bonds is 5. The van der Waals surface area contributed by atoms with Crippen LogP contribution in [0.1, 0.15) is 42.7 Å². The van der Waals surface area contributed by atoms with Crippen LogP contribution in [0.5, 0.6) is 51.7 Å². The average Bonchev–Trinajstić information content (AvgIpc) is 3.00. The fourth-order valence-corrected chi connectivity index (χ4v) is 5.06. The Morgan fingerprint density at radius 1 is 0.733 bits per heavy atom. The first-order chi connectivity index (χ1) is 21.1. The van der Waals surface area contributed by atoms with Gasteiger partial charge in [-0.15, -0.1) is 0 Å². The first-order valence-electron chi connectivity index (χ1n) is 12.5. The molecule has 0 saturated heterocycles. The molecule has 3 aromatic rings. The number of benzene rings is 3. The molecule has 45 heavy (non-hydrogen) atoms. The van der Waals surface area contributed by atoms with Crippen LogP contribution in [0.15, 0.2) is 18.2 Å². The van der Waals surface area contributed by atoms with Crippen molar-refractivity contribution < 1.29 is 89.9 Å². The number of aliphatic hydroxyl groups is 3. The van der Waals surface area contributed by atoms with Gasteiger partial charge in [-0.3, -0.25) is 0 Å². The predicted molar refractivity (Wildman–Crippen MR) is 139 cm³/mol. The van der Waals surface area contributed by atoms with E-state index in [9.17, 15) is 75.7 Å². The average molecular weight is 634 g/mol. The Morgan fingerprint density at radius 2 is 1.31 bits per heavy atom. The smallest absolute Gasteiger partial charge is 0.339 e. The Labute approximate surface area is 248 Å². The third-order valence-electron chi connectivity index (χ3n) is 7.27. The Morgan fingerprint density at radius 3 is 1.91 bits per heavy atom. The maximum atomic E-state index is 13.4. The standard InChI is InChI=1S/C27H22O18/c28-4-10(43-25(40)5-1-7(29)15(32)8(30)2-5)17(34)23-24-21(38)14-13(27(42)45-24)12(19(36)22(39)20(14)37)11-6(26(41)44-23)3-9(31)16(33)18(11)35/h1-3,10,17,21,23-24,28-39H,4H2/t10-,17+,21-,23-,24-/m0/s1. The minimum atomic E-state index is -2.43. The second-order valence-corrected chi connectivity index (χ2v) is 9.89. The van der Waals surface area contributed by atoms with Gasteiger partial charge in [0.2, 0.25) is 11.5 Å². The molecule has 0 aliphatic carbocycles. The number of fused-ring (bicyclic) bond motifs is 3. The topological polar surface area (TPSA) is 322 Å². The highest BCUT2D eigenvalue weighted by atomic mass is 16.6. The zero-order chi connectivity index (χ0) is 33.2. The van der Waals surface area contributed by atoms with Crippen molar-refractivity contribution in [3.05, 3.63) is 40.5 Å². The van der Waals surface area contributed by atoms with Gasteiger partial charge in [-0.05, 0) is 18.2 Å². The molecule has 0 spiro atoms. The van der Waals surface area contributed by atoms with E-state index in [1.165, 1.54) is 0 Å². The molecule has 0 fully saturated rings.